The molecule has 0 atom stereocenters. The third kappa shape index (κ3) is 9.78. The molecule has 7 rings (SSSR count). The van der Waals surface area contributed by atoms with Crippen LogP contribution >= 0.6 is 23.2 Å². The van der Waals surface area contributed by atoms with E-state index in [2.05, 4.69) is 50.7 Å². The number of piperidine rings is 1. The summed E-state index contributed by atoms with van der Waals surface area (Å²) in [7, 11) is -2.52. The maximum Gasteiger partial charge on any atom is 0.293 e. The maximum absolute atomic E-state index is 13.8. The van der Waals surface area contributed by atoms with Gasteiger partial charge >= 0.3 is 0 Å². The lowest BCUT2D eigenvalue weighted by atomic mass is 9.88. The highest BCUT2D eigenvalue weighted by atomic mass is 35.5. The van der Waals surface area contributed by atoms with Gasteiger partial charge in [0.15, 0.2) is 0 Å². The van der Waals surface area contributed by atoms with Crippen LogP contribution in [0, 0.1) is 15.5 Å². The first-order valence-corrected chi connectivity index (χ1v) is 21.7. The minimum Gasteiger partial charge on any atom is -0.455 e. The molecule has 2 fully saturated rings. The normalized spacial score (nSPS) is 18.0. The molecule has 306 valence electrons. The van der Waals surface area contributed by atoms with Crippen molar-refractivity contribution in [3.05, 3.63) is 122 Å². The first-order valence-electron chi connectivity index (χ1n) is 19.5. The number of likely N-dealkylation sites (tertiary alicyclic amines) is 1. The third-order valence-corrected chi connectivity index (χ3v) is 13.1. The first kappa shape index (κ1) is 41.5. The molecule has 2 N–H and O–H groups in total. The molecule has 0 aromatic heterocycles. The van der Waals surface area contributed by atoms with E-state index in [1.54, 1.807) is 36.4 Å². The Kier molecular flexibility index (Phi) is 12.4. The number of ether oxygens (including phenoxy) is 1. The summed E-state index contributed by atoms with van der Waals surface area (Å²) in [6, 6.07) is 23.5. The molecule has 1 aliphatic carbocycles. The van der Waals surface area contributed by atoms with Crippen LogP contribution < -0.4 is 19.7 Å². The molecule has 58 heavy (non-hydrogen) atoms. The molecule has 4 aromatic rings. The molecule has 3 aliphatic rings. The fourth-order valence-electron chi connectivity index (χ4n) is 8.08. The number of rotatable bonds is 12. The number of nitrogens with zero attached hydrogens (tertiary/aromatic N) is 4. The SMILES string of the molecule is CN1CCC(Nc2ccc(S(=O)(=O)NC(=O)c3ccc(N4CCN(CC5=C(c6ccc(Cl)cc6)CC(C)(C)C5)CC4)cc3Oc3ccccc3Cl)cc2[N+](=O)[O-])CC1. The van der Waals surface area contributed by atoms with Crippen LogP contribution in [0.1, 0.15) is 55.5 Å². The van der Waals surface area contributed by atoms with Crippen molar-refractivity contribution in [1.82, 2.24) is 14.5 Å². The van der Waals surface area contributed by atoms with Crippen molar-refractivity contribution in [2.24, 2.45) is 5.41 Å². The summed E-state index contributed by atoms with van der Waals surface area (Å²) in [4.78, 5) is 31.7. The highest BCUT2D eigenvalue weighted by Gasteiger charge is 2.33. The number of halogens is 2. The average molecular weight is 848 g/mol. The Bertz CT molecular complexity index is 2320. The number of nitrogens with one attached hydrogen (secondary N) is 2. The topological polar surface area (TPSA) is 137 Å². The zero-order valence-corrected chi connectivity index (χ0v) is 35.2. The van der Waals surface area contributed by atoms with Crippen molar-refractivity contribution >= 4 is 61.8 Å². The molecule has 2 saturated heterocycles. The van der Waals surface area contributed by atoms with Gasteiger partial charge in [-0.3, -0.25) is 19.8 Å². The largest absolute Gasteiger partial charge is 0.455 e. The predicted octanol–water partition coefficient (Wildman–Crippen LogP) is 8.71. The molecule has 0 bridgehead atoms. The summed E-state index contributed by atoms with van der Waals surface area (Å²) in [5.74, 6) is -0.565. The lowest BCUT2D eigenvalue weighted by Crippen LogP contribution is -2.47. The quantitative estimate of drug-likeness (QED) is 0.105. The van der Waals surface area contributed by atoms with Gasteiger partial charge in [0, 0.05) is 61.6 Å². The fourth-order valence-corrected chi connectivity index (χ4v) is 9.37. The second-order valence-electron chi connectivity index (χ2n) is 16.2. The van der Waals surface area contributed by atoms with E-state index in [0.717, 1.165) is 88.3 Å². The van der Waals surface area contributed by atoms with Gasteiger partial charge in [0.05, 0.1) is 20.4 Å². The van der Waals surface area contributed by atoms with Gasteiger partial charge in [0.2, 0.25) is 0 Å². The molecule has 4 aromatic carbocycles. The van der Waals surface area contributed by atoms with E-state index in [0.29, 0.717) is 5.02 Å². The zero-order valence-electron chi connectivity index (χ0n) is 32.8. The number of nitro groups is 1. The number of hydrogen-bond acceptors (Lipinski definition) is 10. The minimum absolute atomic E-state index is 0.0108. The van der Waals surface area contributed by atoms with Crippen molar-refractivity contribution in [3.8, 4) is 11.5 Å². The molecular formula is C43H48Cl2N6O6S. The van der Waals surface area contributed by atoms with Crippen LogP contribution in [0.3, 0.4) is 0 Å². The zero-order chi connectivity index (χ0) is 41.2. The number of amides is 1. The van der Waals surface area contributed by atoms with E-state index >= 15 is 0 Å². The summed E-state index contributed by atoms with van der Waals surface area (Å²) < 4.78 is 35.5. The monoisotopic (exact) mass is 846 g/mol. The highest BCUT2D eigenvalue weighted by molar-refractivity contribution is 7.90. The number of allylic oxidation sites excluding steroid dienone is 1. The van der Waals surface area contributed by atoms with Crippen molar-refractivity contribution in [2.45, 2.75) is 50.5 Å². The van der Waals surface area contributed by atoms with Crippen LogP contribution in [0.25, 0.3) is 5.57 Å². The maximum atomic E-state index is 13.8. The number of carbonyl (C=O) groups excluding carboxylic acids is 1. The third-order valence-electron chi connectivity index (χ3n) is 11.2. The molecule has 0 saturated carbocycles. The summed E-state index contributed by atoms with van der Waals surface area (Å²) in [5.41, 5.74) is 4.84. The molecule has 0 unspecified atom stereocenters. The number of benzene rings is 4. The van der Waals surface area contributed by atoms with Crippen LogP contribution in [-0.4, -0.2) is 88.0 Å². The fraction of sp³-hybridized carbons (Fsp3) is 0.372. The van der Waals surface area contributed by atoms with E-state index < -0.39 is 31.4 Å². The molecule has 2 aliphatic heterocycles. The second-order valence-corrected chi connectivity index (χ2v) is 18.7. The van der Waals surface area contributed by atoms with E-state index in [1.165, 1.54) is 34.9 Å². The number of piperazine rings is 1. The Labute approximate surface area is 350 Å². The molecule has 15 heteroatoms. The molecule has 12 nitrogen and oxygen atoms in total. The van der Waals surface area contributed by atoms with Gasteiger partial charge in [-0.25, -0.2) is 13.1 Å². The van der Waals surface area contributed by atoms with E-state index in [-0.39, 0.29) is 34.2 Å². The number of nitro benzene ring substituents is 1. The summed E-state index contributed by atoms with van der Waals surface area (Å²) in [5, 5.41) is 16.3. The van der Waals surface area contributed by atoms with Crippen LogP contribution in [0.4, 0.5) is 17.1 Å². The Hall–Kier alpha value is -4.66. The lowest BCUT2D eigenvalue weighted by molar-refractivity contribution is -0.384. The Morgan fingerprint density at radius 1 is 0.897 bits per heavy atom. The predicted molar refractivity (Wildman–Crippen MR) is 230 cm³/mol. The summed E-state index contributed by atoms with van der Waals surface area (Å²) in [6.45, 7) is 10.3. The van der Waals surface area contributed by atoms with Crippen LogP contribution in [-0.2, 0) is 10.0 Å². The van der Waals surface area contributed by atoms with Gasteiger partial charge in [0.25, 0.3) is 21.6 Å². The number of anilines is 2. The van der Waals surface area contributed by atoms with Gasteiger partial charge in [-0.15, -0.1) is 0 Å². The molecule has 1 amide bonds. The molecular weight excluding hydrogens is 799 g/mol. The van der Waals surface area contributed by atoms with Crippen LogP contribution in [0.5, 0.6) is 11.5 Å². The van der Waals surface area contributed by atoms with Gasteiger partial charge in [0.1, 0.15) is 17.2 Å². The Balaban J connectivity index is 1.08. The van der Waals surface area contributed by atoms with Crippen LogP contribution in [0.2, 0.25) is 10.0 Å². The van der Waals surface area contributed by atoms with E-state index in [9.17, 15) is 23.3 Å². The highest BCUT2D eigenvalue weighted by Crippen LogP contribution is 2.46. The van der Waals surface area contributed by atoms with Crippen molar-refractivity contribution < 1.29 is 22.9 Å². The van der Waals surface area contributed by atoms with Crippen molar-refractivity contribution in [2.75, 3.05) is 63.1 Å². The van der Waals surface area contributed by atoms with Gasteiger partial charge in [-0.2, -0.15) is 0 Å². The van der Waals surface area contributed by atoms with Crippen molar-refractivity contribution in [1.29, 1.82) is 0 Å². The molecule has 2 heterocycles. The number of carbonyl (C=O) groups is 1. The second kappa shape index (κ2) is 17.3. The molecule has 0 radical (unpaired) electrons. The molecule has 0 spiro atoms. The number of hydrogen-bond donors (Lipinski definition) is 2. The Morgan fingerprint density at radius 3 is 2.29 bits per heavy atom. The van der Waals surface area contributed by atoms with E-state index in [4.69, 9.17) is 27.9 Å². The summed E-state index contributed by atoms with van der Waals surface area (Å²) >= 11 is 12.6. The minimum atomic E-state index is -4.54. The smallest absolute Gasteiger partial charge is 0.293 e. The van der Waals surface area contributed by atoms with Gasteiger partial charge < -0.3 is 19.9 Å². The summed E-state index contributed by atoms with van der Waals surface area (Å²) in [6.07, 6.45) is 3.63. The number of sulfonamides is 1. The standard InChI is InChI=1S/C43H48Cl2N6O6S/c1-43(2)26-30(36(27-43)29-8-10-31(44)11-9-29)28-49-20-22-50(23-21-49)33-12-14-35(41(24-33)57-40-7-5-4-6-37(40)45)42(52)47-58(55,56)34-13-15-38(39(25-34)51(53)54)46-32-16-18-48(3)19-17-32/h4-15,24-25,32,46H,16-23,26-28H2,1-3H3,(H,47,52). The van der Waals surface area contributed by atoms with Crippen LogP contribution in [0.15, 0.2) is 95.4 Å². The lowest BCUT2D eigenvalue weighted by Gasteiger charge is -2.37. The van der Waals surface area contributed by atoms with E-state index in [1.807, 2.05) is 19.2 Å². The first-order chi connectivity index (χ1) is 27.6. The van der Waals surface area contributed by atoms with Crippen molar-refractivity contribution in [3.63, 3.8) is 0 Å². The number of para-hydroxylation sites is 1. The Morgan fingerprint density at radius 2 is 1.60 bits per heavy atom. The van der Waals surface area contributed by atoms with Gasteiger partial charge in [-0.05, 0) is 111 Å². The van der Waals surface area contributed by atoms with Gasteiger partial charge in [-0.1, -0.05) is 66.9 Å². The average Bonchev–Trinajstić information content (AvgIpc) is 3.50.